The Morgan fingerprint density at radius 1 is 1.56 bits per heavy atom. The topological polar surface area (TPSA) is 62.2 Å². The summed E-state index contributed by atoms with van der Waals surface area (Å²) in [6.07, 6.45) is 0.845. The van der Waals surface area contributed by atoms with Crippen molar-refractivity contribution in [2.45, 2.75) is 39.7 Å². The minimum absolute atomic E-state index is 0.223. The largest absolute Gasteiger partial charge is 0.393 e. The van der Waals surface area contributed by atoms with Gasteiger partial charge in [0.1, 0.15) is 5.15 Å². The number of carbonyl (C=O) groups excluding carboxylic acids is 1. The predicted octanol–water partition coefficient (Wildman–Crippen LogP) is 2.24. The number of aliphatic hydroxyl groups excluding tert-OH is 1. The molecule has 0 aromatic carbocycles. The van der Waals surface area contributed by atoms with Crippen molar-refractivity contribution in [1.29, 1.82) is 0 Å². The third kappa shape index (κ3) is 3.96. The second-order valence-corrected chi connectivity index (χ2v) is 4.71. The molecule has 1 heterocycles. The maximum Gasteiger partial charge on any atom is 0.254 e. The van der Waals surface area contributed by atoms with Gasteiger partial charge in [0.25, 0.3) is 5.91 Å². The first-order valence-corrected chi connectivity index (χ1v) is 6.43. The Hall–Kier alpha value is -1.13. The van der Waals surface area contributed by atoms with Crippen molar-refractivity contribution in [3.8, 4) is 0 Å². The number of pyridine rings is 1. The molecule has 0 radical (unpaired) electrons. The fourth-order valence-electron chi connectivity index (χ4n) is 1.71. The van der Waals surface area contributed by atoms with Crippen molar-refractivity contribution in [2.24, 2.45) is 0 Å². The molecule has 0 fully saturated rings. The Morgan fingerprint density at radius 3 is 2.78 bits per heavy atom. The van der Waals surface area contributed by atoms with Crippen molar-refractivity contribution in [3.63, 3.8) is 0 Å². The van der Waals surface area contributed by atoms with Gasteiger partial charge in [-0.05, 0) is 38.3 Å². The average Bonchev–Trinajstić information content (AvgIpc) is 2.27. The van der Waals surface area contributed by atoms with Crippen molar-refractivity contribution >= 4 is 17.5 Å². The zero-order valence-corrected chi connectivity index (χ0v) is 11.7. The maximum atomic E-state index is 12.0. The molecule has 0 aliphatic heterocycles. The third-order valence-corrected chi connectivity index (χ3v) is 3.04. The molecular weight excluding hydrogens is 252 g/mol. The van der Waals surface area contributed by atoms with Gasteiger partial charge in [-0.1, -0.05) is 18.5 Å². The number of nitrogens with zero attached hydrogens (tertiary/aromatic N) is 1. The smallest absolute Gasteiger partial charge is 0.254 e. The van der Waals surface area contributed by atoms with Gasteiger partial charge in [0, 0.05) is 12.2 Å². The summed E-state index contributed by atoms with van der Waals surface area (Å²) < 4.78 is 0. The Kier molecular flexibility index (Phi) is 5.56. The highest BCUT2D eigenvalue weighted by Crippen LogP contribution is 2.18. The van der Waals surface area contributed by atoms with Crippen molar-refractivity contribution < 1.29 is 9.90 Å². The number of amides is 1. The Morgan fingerprint density at radius 2 is 2.22 bits per heavy atom. The van der Waals surface area contributed by atoms with Gasteiger partial charge in [-0.15, -0.1) is 0 Å². The highest BCUT2D eigenvalue weighted by molar-refractivity contribution is 6.32. The first-order chi connectivity index (χ1) is 8.45. The van der Waals surface area contributed by atoms with E-state index in [4.69, 9.17) is 11.6 Å². The number of aliphatic hydroxyl groups is 1. The number of nitrogens with one attached hydrogen (secondary N) is 1. The van der Waals surface area contributed by atoms with Crippen LogP contribution in [0.5, 0.6) is 0 Å². The quantitative estimate of drug-likeness (QED) is 0.807. The molecule has 5 heteroatoms. The van der Waals surface area contributed by atoms with Crippen LogP contribution in [0.2, 0.25) is 5.15 Å². The number of hydrogen-bond acceptors (Lipinski definition) is 3. The van der Waals surface area contributed by atoms with Crippen LogP contribution in [0.3, 0.4) is 0 Å². The van der Waals surface area contributed by atoms with Crippen molar-refractivity contribution in [3.05, 3.63) is 28.0 Å². The Balaban J connectivity index is 2.67. The van der Waals surface area contributed by atoms with Crippen LogP contribution in [-0.4, -0.2) is 28.6 Å². The van der Waals surface area contributed by atoms with E-state index in [1.165, 1.54) is 0 Å². The molecule has 1 aromatic heterocycles. The summed E-state index contributed by atoms with van der Waals surface area (Å²) in [7, 11) is 0. The molecule has 2 N–H and O–H groups in total. The van der Waals surface area contributed by atoms with Gasteiger partial charge in [-0.3, -0.25) is 4.79 Å². The van der Waals surface area contributed by atoms with E-state index in [1.54, 1.807) is 0 Å². The molecule has 1 amide bonds. The summed E-state index contributed by atoms with van der Waals surface area (Å²) in [4.78, 5) is 16.0. The van der Waals surface area contributed by atoms with Gasteiger partial charge < -0.3 is 10.4 Å². The van der Waals surface area contributed by atoms with E-state index in [1.807, 2.05) is 26.8 Å². The summed E-state index contributed by atoms with van der Waals surface area (Å²) >= 11 is 5.98. The van der Waals surface area contributed by atoms with Crippen LogP contribution < -0.4 is 5.32 Å². The van der Waals surface area contributed by atoms with E-state index in [9.17, 15) is 9.90 Å². The van der Waals surface area contributed by atoms with Gasteiger partial charge in [-0.2, -0.15) is 0 Å². The lowest BCUT2D eigenvalue weighted by molar-refractivity contribution is 0.0941. The maximum absolute atomic E-state index is 12.0. The number of carbonyl (C=O) groups is 1. The molecule has 0 saturated carbocycles. The summed E-state index contributed by atoms with van der Waals surface area (Å²) in [5.74, 6) is -0.242. The van der Waals surface area contributed by atoms with E-state index < -0.39 is 0 Å². The second kappa shape index (κ2) is 6.71. The summed E-state index contributed by atoms with van der Waals surface area (Å²) in [5.41, 5.74) is 2.00. The van der Waals surface area contributed by atoms with Crippen LogP contribution >= 0.6 is 11.6 Å². The second-order valence-electron chi connectivity index (χ2n) is 4.35. The standard InChI is InChI=1S/C13H19ClN2O2/c1-4-10(17)5-6-15-13(18)11-8(2)7-9(3)16-12(11)14/h7,10,17H,4-6H2,1-3H3,(H,15,18). The minimum Gasteiger partial charge on any atom is -0.393 e. The molecule has 18 heavy (non-hydrogen) atoms. The lowest BCUT2D eigenvalue weighted by Crippen LogP contribution is -2.28. The molecule has 1 atom stereocenters. The van der Waals surface area contributed by atoms with Gasteiger partial charge in [0.15, 0.2) is 0 Å². The molecule has 0 spiro atoms. The van der Waals surface area contributed by atoms with Crippen molar-refractivity contribution in [2.75, 3.05) is 6.54 Å². The zero-order chi connectivity index (χ0) is 13.7. The molecule has 100 valence electrons. The van der Waals surface area contributed by atoms with Crippen LogP contribution in [0.15, 0.2) is 6.07 Å². The van der Waals surface area contributed by atoms with E-state index >= 15 is 0 Å². The highest BCUT2D eigenvalue weighted by Gasteiger charge is 2.15. The van der Waals surface area contributed by atoms with Gasteiger partial charge in [0.05, 0.1) is 11.7 Å². The monoisotopic (exact) mass is 270 g/mol. The van der Waals surface area contributed by atoms with Gasteiger partial charge in [-0.25, -0.2) is 4.98 Å². The SMILES string of the molecule is CCC(O)CCNC(=O)c1c(C)cc(C)nc1Cl. The summed E-state index contributed by atoms with van der Waals surface area (Å²) in [6, 6.07) is 1.82. The average molecular weight is 271 g/mol. The van der Waals surface area contributed by atoms with Crippen LogP contribution in [0.4, 0.5) is 0 Å². The van der Waals surface area contributed by atoms with Gasteiger partial charge >= 0.3 is 0 Å². The molecule has 1 aromatic rings. The van der Waals surface area contributed by atoms with Gasteiger partial charge in [0.2, 0.25) is 0 Å². The van der Waals surface area contributed by atoms with Crippen LogP contribution in [-0.2, 0) is 0 Å². The zero-order valence-electron chi connectivity index (χ0n) is 11.0. The Bertz CT molecular complexity index is 412. The van der Waals surface area contributed by atoms with Crippen LogP contribution in [0.1, 0.15) is 41.4 Å². The molecule has 0 aliphatic carbocycles. The molecule has 0 aliphatic rings. The molecular formula is C13H19ClN2O2. The van der Waals surface area contributed by atoms with E-state index in [2.05, 4.69) is 10.3 Å². The fourth-order valence-corrected chi connectivity index (χ4v) is 2.08. The lowest BCUT2D eigenvalue weighted by atomic mass is 10.1. The first-order valence-electron chi connectivity index (χ1n) is 6.05. The fraction of sp³-hybridized carbons (Fsp3) is 0.538. The lowest BCUT2D eigenvalue weighted by Gasteiger charge is -2.11. The molecule has 1 rings (SSSR count). The van der Waals surface area contributed by atoms with Crippen molar-refractivity contribution in [1.82, 2.24) is 10.3 Å². The number of halogens is 1. The van der Waals surface area contributed by atoms with E-state index in [0.717, 1.165) is 11.3 Å². The molecule has 0 bridgehead atoms. The number of aromatic nitrogens is 1. The van der Waals surface area contributed by atoms with E-state index in [0.29, 0.717) is 24.9 Å². The molecule has 0 saturated heterocycles. The summed E-state index contributed by atoms with van der Waals surface area (Å²) in [6.45, 7) is 5.99. The highest BCUT2D eigenvalue weighted by atomic mass is 35.5. The van der Waals surface area contributed by atoms with Crippen LogP contribution in [0, 0.1) is 13.8 Å². The van der Waals surface area contributed by atoms with Crippen LogP contribution in [0.25, 0.3) is 0 Å². The minimum atomic E-state index is -0.377. The van der Waals surface area contributed by atoms with E-state index in [-0.39, 0.29) is 17.2 Å². The first kappa shape index (κ1) is 14.9. The predicted molar refractivity (Wildman–Crippen MR) is 72.0 cm³/mol. The number of aryl methyl sites for hydroxylation is 2. The normalized spacial score (nSPS) is 12.3. The molecule has 4 nitrogen and oxygen atoms in total. The summed E-state index contributed by atoms with van der Waals surface area (Å²) in [5, 5.41) is 12.4. The Labute approximate surface area is 112 Å². The third-order valence-electron chi connectivity index (χ3n) is 2.76. The molecule has 1 unspecified atom stereocenters. The number of rotatable bonds is 5. The number of hydrogen-bond donors (Lipinski definition) is 2.